The van der Waals surface area contributed by atoms with Crippen LogP contribution in [0.15, 0.2) is 17.0 Å². The Bertz CT molecular complexity index is 542. The molecule has 1 aromatic carbocycles. The van der Waals surface area contributed by atoms with E-state index in [-0.39, 0.29) is 0 Å². The molecular formula is C13H22N2O2S2. The molecule has 0 aromatic heterocycles. The van der Waals surface area contributed by atoms with Crippen molar-refractivity contribution in [3.63, 3.8) is 0 Å². The molecule has 6 heteroatoms. The van der Waals surface area contributed by atoms with Gasteiger partial charge in [-0.05, 0) is 42.9 Å². The zero-order chi connectivity index (χ0) is 14.6. The third-order valence-electron chi connectivity index (χ3n) is 3.15. The van der Waals surface area contributed by atoms with Crippen molar-refractivity contribution in [3.8, 4) is 0 Å². The van der Waals surface area contributed by atoms with Crippen molar-refractivity contribution in [1.82, 2.24) is 4.31 Å². The lowest BCUT2D eigenvalue weighted by Crippen LogP contribution is -2.29. The third kappa shape index (κ3) is 3.72. The van der Waals surface area contributed by atoms with Crippen LogP contribution in [0.4, 0.5) is 0 Å². The van der Waals surface area contributed by atoms with E-state index in [1.54, 1.807) is 24.9 Å². The Morgan fingerprint density at radius 3 is 2.42 bits per heavy atom. The number of rotatable bonds is 6. The van der Waals surface area contributed by atoms with Gasteiger partial charge in [0.2, 0.25) is 10.0 Å². The summed E-state index contributed by atoms with van der Waals surface area (Å²) in [5.74, 6) is 0.782. The maximum absolute atomic E-state index is 12.5. The third-order valence-corrected chi connectivity index (χ3v) is 5.74. The fraction of sp³-hybridized carbons (Fsp3) is 0.538. The molecule has 1 rings (SSSR count). The van der Waals surface area contributed by atoms with Gasteiger partial charge in [-0.2, -0.15) is 11.8 Å². The zero-order valence-electron chi connectivity index (χ0n) is 11.9. The number of hydrogen-bond acceptors (Lipinski definition) is 4. The topological polar surface area (TPSA) is 63.4 Å². The second-order valence-electron chi connectivity index (χ2n) is 4.57. The molecule has 0 aliphatic rings. The Labute approximate surface area is 120 Å². The lowest BCUT2D eigenvalue weighted by Gasteiger charge is -2.19. The molecule has 0 saturated heterocycles. The number of aryl methyl sites for hydroxylation is 2. The second kappa shape index (κ2) is 6.74. The Kier molecular flexibility index (Phi) is 5.85. The standard InChI is InChI=1S/C13H22N2O2S2/c1-10-7-11(2)13(8-12(10)9-14)19(16,17)15(3)5-6-18-4/h7-8H,5-6,9,14H2,1-4H3. The van der Waals surface area contributed by atoms with Gasteiger partial charge in [-0.3, -0.25) is 0 Å². The van der Waals surface area contributed by atoms with Crippen LogP contribution in [-0.2, 0) is 16.6 Å². The second-order valence-corrected chi connectivity index (χ2v) is 7.57. The van der Waals surface area contributed by atoms with Gasteiger partial charge in [0.05, 0.1) is 4.90 Å². The van der Waals surface area contributed by atoms with Crippen LogP contribution in [0.5, 0.6) is 0 Å². The highest BCUT2D eigenvalue weighted by molar-refractivity contribution is 7.98. The summed E-state index contributed by atoms with van der Waals surface area (Å²) < 4.78 is 26.4. The Balaban J connectivity index is 3.21. The summed E-state index contributed by atoms with van der Waals surface area (Å²) in [5.41, 5.74) is 8.34. The Morgan fingerprint density at radius 1 is 1.26 bits per heavy atom. The van der Waals surface area contributed by atoms with Gasteiger partial charge in [0.15, 0.2) is 0 Å². The summed E-state index contributed by atoms with van der Waals surface area (Å²) in [6.07, 6.45) is 1.96. The van der Waals surface area contributed by atoms with Gasteiger partial charge >= 0.3 is 0 Å². The zero-order valence-corrected chi connectivity index (χ0v) is 13.6. The monoisotopic (exact) mass is 302 g/mol. The molecule has 0 unspecified atom stereocenters. The fourth-order valence-electron chi connectivity index (χ4n) is 1.88. The highest BCUT2D eigenvalue weighted by atomic mass is 32.2. The van der Waals surface area contributed by atoms with Crippen LogP contribution < -0.4 is 5.73 Å². The molecule has 0 atom stereocenters. The highest BCUT2D eigenvalue weighted by Gasteiger charge is 2.23. The predicted molar refractivity (Wildman–Crippen MR) is 82.0 cm³/mol. The van der Waals surface area contributed by atoms with E-state index in [1.165, 1.54) is 4.31 Å². The first-order chi connectivity index (χ1) is 8.84. The van der Waals surface area contributed by atoms with Crippen molar-refractivity contribution < 1.29 is 8.42 Å². The molecule has 0 aliphatic carbocycles. The predicted octanol–water partition coefficient (Wildman–Crippen LogP) is 1.75. The van der Waals surface area contributed by atoms with Gasteiger partial charge in [0.1, 0.15) is 0 Å². The first-order valence-corrected chi connectivity index (χ1v) is 8.93. The van der Waals surface area contributed by atoms with Crippen LogP contribution in [0.2, 0.25) is 0 Å². The molecule has 0 spiro atoms. The van der Waals surface area contributed by atoms with Crippen LogP contribution in [-0.4, -0.2) is 38.3 Å². The quantitative estimate of drug-likeness (QED) is 0.869. The molecule has 1 aromatic rings. The molecule has 0 aliphatic heterocycles. The average molecular weight is 302 g/mol. The van der Waals surface area contributed by atoms with Crippen molar-refractivity contribution in [2.45, 2.75) is 25.3 Å². The van der Waals surface area contributed by atoms with Crippen molar-refractivity contribution in [1.29, 1.82) is 0 Å². The number of nitrogens with two attached hydrogens (primary N) is 1. The normalized spacial score (nSPS) is 12.1. The molecule has 4 nitrogen and oxygen atoms in total. The van der Waals surface area contributed by atoms with Gasteiger partial charge in [-0.25, -0.2) is 12.7 Å². The van der Waals surface area contributed by atoms with E-state index < -0.39 is 10.0 Å². The van der Waals surface area contributed by atoms with E-state index >= 15 is 0 Å². The van der Waals surface area contributed by atoms with E-state index in [0.717, 1.165) is 22.4 Å². The van der Waals surface area contributed by atoms with E-state index in [9.17, 15) is 8.42 Å². The SMILES string of the molecule is CSCCN(C)S(=O)(=O)c1cc(CN)c(C)cc1C. The number of thioether (sulfide) groups is 1. The first-order valence-electron chi connectivity index (χ1n) is 6.10. The summed E-state index contributed by atoms with van der Waals surface area (Å²) >= 11 is 1.63. The number of nitrogens with zero attached hydrogens (tertiary/aromatic N) is 1. The van der Waals surface area contributed by atoms with Gasteiger partial charge in [-0.1, -0.05) is 6.07 Å². The van der Waals surface area contributed by atoms with Gasteiger partial charge in [0, 0.05) is 25.9 Å². The Morgan fingerprint density at radius 2 is 1.89 bits per heavy atom. The number of hydrogen-bond donors (Lipinski definition) is 1. The molecule has 0 radical (unpaired) electrons. The molecule has 0 fully saturated rings. The van der Waals surface area contributed by atoms with Crippen LogP contribution in [0.25, 0.3) is 0 Å². The van der Waals surface area contributed by atoms with Crippen LogP contribution in [0.1, 0.15) is 16.7 Å². The van der Waals surface area contributed by atoms with Gasteiger partial charge in [-0.15, -0.1) is 0 Å². The summed E-state index contributed by atoms with van der Waals surface area (Å²) in [6, 6.07) is 3.59. The van der Waals surface area contributed by atoms with E-state index in [2.05, 4.69) is 0 Å². The van der Waals surface area contributed by atoms with E-state index in [0.29, 0.717) is 18.0 Å². The van der Waals surface area contributed by atoms with Gasteiger partial charge in [0.25, 0.3) is 0 Å². The highest BCUT2D eigenvalue weighted by Crippen LogP contribution is 2.23. The molecule has 0 heterocycles. The molecule has 108 valence electrons. The van der Waals surface area contributed by atoms with Crippen LogP contribution >= 0.6 is 11.8 Å². The molecule has 19 heavy (non-hydrogen) atoms. The minimum Gasteiger partial charge on any atom is -0.326 e. The lowest BCUT2D eigenvalue weighted by atomic mass is 10.1. The summed E-state index contributed by atoms with van der Waals surface area (Å²) in [5, 5.41) is 0. The summed E-state index contributed by atoms with van der Waals surface area (Å²) in [4.78, 5) is 0.363. The van der Waals surface area contributed by atoms with Gasteiger partial charge < -0.3 is 5.73 Å². The van der Waals surface area contributed by atoms with Crippen LogP contribution in [0.3, 0.4) is 0 Å². The maximum Gasteiger partial charge on any atom is 0.243 e. The Hall–Kier alpha value is -0.560. The van der Waals surface area contributed by atoms with Crippen molar-refractivity contribution >= 4 is 21.8 Å². The first kappa shape index (κ1) is 16.5. The molecule has 0 saturated carbocycles. The lowest BCUT2D eigenvalue weighted by molar-refractivity contribution is 0.488. The number of benzene rings is 1. The minimum atomic E-state index is -3.43. The maximum atomic E-state index is 12.5. The molecular weight excluding hydrogens is 280 g/mol. The smallest absolute Gasteiger partial charge is 0.243 e. The van der Waals surface area contributed by atoms with Crippen molar-refractivity contribution in [2.75, 3.05) is 25.6 Å². The summed E-state index contributed by atoms with van der Waals surface area (Å²) in [7, 11) is -1.81. The van der Waals surface area contributed by atoms with E-state index in [4.69, 9.17) is 5.73 Å². The largest absolute Gasteiger partial charge is 0.326 e. The summed E-state index contributed by atoms with van der Waals surface area (Å²) in [6.45, 7) is 4.63. The van der Waals surface area contributed by atoms with Crippen LogP contribution in [0, 0.1) is 13.8 Å². The molecule has 2 N–H and O–H groups in total. The van der Waals surface area contributed by atoms with E-state index in [1.807, 2.05) is 26.2 Å². The molecule has 0 amide bonds. The fourth-order valence-corrected chi connectivity index (χ4v) is 3.88. The number of sulfonamides is 1. The van der Waals surface area contributed by atoms with Crippen molar-refractivity contribution in [3.05, 3.63) is 28.8 Å². The minimum absolute atomic E-state index is 0.350. The van der Waals surface area contributed by atoms with Crippen molar-refractivity contribution in [2.24, 2.45) is 5.73 Å². The average Bonchev–Trinajstić information content (AvgIpc) is 2.35. The molecule has 0 bridgehead atoms.